The zero-order valence-electron chi connectivity index (χ0n) is 9.36. The first-order valence-electron chi connectivity index (χ1n) is 4.59. The van der Waals surface area contributed by atoms with E-state index in [2.05, 4.69) is 27.1 Å². The van der Waals surface area contributed by atoms with Gasteiger partial charge in [0.15, 0.2) is 0 Å². The van der Waals surface area contributed by atoms with E-state index < -0.39 is 19.5 Å². The molecule has 1 aliphatic rings. The van der Waals surface area contributed by atoms with E-state index in [9.17, 15) is 16.9 Å². The van der Waals surface area contributed by atoms with Gasteiger partial charge in [-0.3, -0.25) is 0 Å². The molecule has 1 heterocycles. The maximum atomic E-state index is 9.93. The summed E-state index contributed by atoms with van der Waals surface area (Å²) in [5.41, 5.74) is 1.56. The van der Waals surface area contributed by atoms with Crippen molar-refractivity contribution in [2.75, 3.05) is 27.2 Å². The molecule has 0 N–H and O–H groups in total. The van der Waals surface area contributed by atoms with Gasteiger partial charge in [-0.2, -0.15) is 0 Å². The summed E-state index contributed by atoms with van der Waals surface area (Å²) < 4.78 is 60.7. The number of rotatable bonds is 0. The molecular formula is C8H16F6NSb. The maximum absolute atomic E-state index is 11.2. The zero-order valence-corrected chi connectivity index (χ0v) is 11.9. The number of hydrogen-bond acceptors (Lipinski definition) is 0. The molecule has 0 aromatic carbocycles. The quantitative estimate of drug-likeness (QED) is 0.268. The Hall–Kier alpha value is 0.0982. The summed E-state index contributed by atoms with van der Waals surface area (Å²) in [5.74, 6) is 0. The van der Waals surface area contributed by atoms with Gasteiger partial charge in [-0.15, -0.1) is 0 Å². The molecule has 1 rings (SSSR count). The molecular weight excluding hydrogens is 346 g/mol. The number of hydrogen-bond donors (Lipinski definition) is 0. The van der Waals surface area contributed by atoms with Crippen LogP contribution in [-0.4, -0.2) is 51.1 Å². The van der Waals surface area contributed by atoms with Gasteiger partial charge in [-0.25, -0.2) is 0 Å². The third-order valence-electron chi connectivity index (χ3n) is 2.05. The van der Waals surface area contributed by atoms with Crippen LogP contribution in [0.1, 0.15) is 13.3 Å². The van der Waals surface area contributed by atoms with E-state index in [4.69, 9.17) is 0 Å². The van der Waals surface area contributed by atoms with E-state index in [1.807, 2.05) is 0 Å². The Morgan fingerprint density at radius 2 is 1.44 bits per heavy atom. The Bertz CT molecular complexity index is 276. The summed E-state index contributed by atoms with van der Waals surface area (Å²) in [4.78, 5) is 0. The van der Waals surface area contributed by atoms with Crippen LogP contribution in [0.4, 0.5) is 16.9 Å². The van der Waals surface area contributed by atoms with Crippen molar-refractivity contribution in [1.29, 1.82) is 0 Å². The molecule has 0 atom stereocenters. The monoisotopic (exact) mass is 361 g/mol. The average molecular weight is 362 g/mol. The second-order valence-electron chi connectivity index (χ2n) is 4.60. The average Bonchev–Trinajstić information content (AvgIpc) is 1.89. The minimum atomic E-state index is -11.2. The number of nitrogens with zero attached hydrogens (tertiary/aromatic N) is 1. The molecule has 0 bridgehead atoms. The molecule has 0 aromatic rings. The Morgan fingerprint density at radius 3 is 1.62 bits per heavy atom. The number of halogens is 6. The van der Waals surface area contributed by atoms with E-state index in [-0.39, 0.29) is 0 Å². The van der Waals surface area contributed by atoms with Crippen molar-refractivity contribution in [3.05, 3.63) is 11.6 Å². The first kappa shape index (κ1) is 16.1. The van der Waals surface area contributed by atoms with Crippen LogP contribution in [0.25, 0.3) is 0 Å². The molecule has 0 spiro atoms. The van der Waals surface area contributed by atoms with Gasteiger partial charge >= 0.3 is 36.4 Å². The summed E-state index contributed by atoms with van der Waals surface area (Å²) in [6.07, 6.45) is 3.64. The molecule has 0 fully saturated rings. The molecule has 1 nitrogen and oxygen atoms in total. The van der Waals surface area contributed by atoms with Gasteiger partial charge < -0.3 is 4.48 Å². The normalized spacial score (nSPS) is 24.4. The third-order valence-corrected chi connectivity index (χ3v) is 2.05. The van der Waals surface area contributed by atoms with Crippen LogP contribution in [0.15, 0.2) is 11.6 Å². The summed E-state index contributed by atoms with van der Waals surface area (Å²) in [6, 6.07) is 0. The van der Waals surface area contributed by atoms with Crippen LogP contribution in [0.3, 0.4) is 0 Å². The summed E-state index contributed by atoms with van der Waals surface area (Å²) in [6.45, 7) is 4.74. The van der Waals surface area contributed by atoms with Crippen molar-refractivity contribution in [2.24, 2.45) is 0 Å². The molecule has 1 aliphatic heterocycles. The minimum absolute atomic E-state index is 1.16. The van der Waals surface area contributed by atoms with Crippen LogP contribution in [0.5, 0.6) is 0 Å². The van der Waals surface area contributed by atoms with Gasteiger partial charge in [0.05, 0.1) is 27.2 Å². The molecule has 0 aliphatic carbocycles. The molecule has 16 heavy (non-hydrogen) atoms. The van der Waals surface area contributed by atoms with Crippen molar-refractivity contribution < 1.29 is 21.4 Å². The van der Waals surface area contributed by atoms with Gasteiger partial charge in [-0.05, 0) is 13.0 Å². The summed E-state index contributed by atoms with van der Waals surface area (Å²) in [5, 5.41) is 0. The molecule has 0 unspecified atom stereocenters. The van der Waals surface area contributed by atoms with E-state index >= 15 is 0 Å². The van der Waals surface area contributed by atoms with Crippen LogP contribution < -0.4 is 0 Å². The Labute approximate surface area is 93.2 Å². The fourth-order valence-corrected chi connectivity index (χ4v) is 1.08. The first-order valence-corrected chi connectivity index (χ1v) is 10.4. The van der Waals surface area contributed by atoms with Crippen molar-refractivity contribution in [2.45, 2.75) is 13.3 Å². The Kier molecular flexibility index (Phi) is 3.82. The number of quaternary nitrogens is 1. The van der Waals surface area contributed by atoms with Crippen molar-refractivity contribution in [3.8, 4) is 0 Å². The van der Waals surface area contributed by atoms with Crippen molar-refractivity contribution in [1.82, 2.24) is 0 Å². The van der Waals surface area contributed by atoms with Gasteiger partial charge in [0.2, 0.25) is 0 Å². The summed E-state index contributed by atoms with van der Waals surface area (Å²) >= 11 is -11.2. The van der Waals surface area contributed by atoms with Gasteiger partial charge in [0.1, 0.15) is 0 Å². The molecule has 0 saturated carbocycles. The van der Waals surface area contributed by atoms with Crippen LogP contribution in [0.2, 0.25) is 0 Å². The number of likely N-dealkylation sites (N-methyl/N-ethyl adjacent to an activating group) is 1. The fraction of sp³-hybridized carbons (Fsp3) is 0.750. The van der Waals surface area contributed by atoms with E-state index in [0.717, 1.165) is 4.48 Å². The van der Waals surface area contributed by atoms with Crippen LogP contribution in [-0.2, 0) is 0 Å². The van der Waals surface area contributed by atoms with E-state index in [1.54, 1.807) is 5.57 Å². The molecule has 8 heteroatoms. The molecule has 0 aromatic heterocycles. The van der Waals surface area contributed by atoms with Gasteiger partial charge in [-0.1, -0.05) is 5.57 Å². The Morgan fingerprint density at radius 1 is 1.06 bits per heavy atom. The van der Waals surface area contributed by atoms with Crippen molar-refractivity contribution >= 4 is 19.5 Å². The van der Waals surface area contributed by atoms with E-state index in [0.29, 0.717) is 0 Å². The topological polar surface area (TPSA) is 0 Å². The second-order valence-corrected chi connectivity index (χ2v) is 10.1. The van der Waals surface area contributed by atoms with E-state index in [1.165, 1.54) is 19.5 Å². The van der Waals surface area contributed by atoms with Crippen LogP contribution in [0, 0.1) is 0 Å². The van der Waals surface area contributed by atoms with Gasteiger partial charge in [0.25, 0.3) is 0 Å². The van der Waals surface area contributed by atoms with Gasteiger partial charge in [0, 0.05) is 6.42 Å². The molecule has 100 valence electrons. The summed E-state index contributed by atoms with van der Waals surface area (Å²) in [7, 11) is 4.56. The predicted octanol–water partition coefficient (Wildman–Crippen LogP) is 3.55. The zero-order chi connectivity index (χ0) is 13.3. The third kappa shape index (κ3) is 16.5. The SMILES string of the molecule is CC1=CC[N+](C)(C)CC1.[F][Sb-]([F])([F])([F])([F])[F]. The Balaban J connectivity index is 0.000000293. The predicted molar refractivity (Wildman–Crippen MR) is 52.6 cm³/mol. The fourth-order valence-electron chi connectivity index (χ4n) is 1.08. The second kappa shape index (κ2) is 3.80. The standard InChI is InChI=1S/C8H16N.6FH.Sb/c1-8-4-6-9(2,3)7-5-8;;;;;;;/h4H,5-7H2,1-3H3;6*1H;/q+1;;;;;;;+5/p-6. The van der Waals surface area contributed by atoms with Crippen LogP contribution >= 0.6 is 0 Å². The molecule has 0 amide bonds. The first-order chi connectivity index (χ1) is 6.55. The molecule has 0 saturated heterocycles. The van der Waals surface area contributed by atoms with Crippen molar-refractivity contribution in [3.63, 3.8) is 0 Å². The molecule has 0 radical (unpaired) electrons.